The van der Waals surface area contributed by atoms with Gasteiger partial charge in [-0.15, -0.1) is 0 Å². The summed E-state index contributed by atoms with van der Waals surface area (Å²) in [6.07, 6.45) is -0.0677. The van der Waals surface area contributed by atoms with Crippen molar-refractivity contribution in [1.82, 2.24) is 0 Å². The van der Waals surface area contributed by atoms with E-state index in [0.29, 0.717) is 10.7 Å². The number of nitrogens with two attached hydrogens (primary N) is 1. The van der Waals surface area contributed by atoms with Gasteiger partial charge in [0.25, 0.3) is 10.0 Å². The minimum absolute atomic E-state index is 0.0235. The third-order valence-corrected chi connectivity index (χ3v) is 5.10. The summed E-state index contributed by atoms with van der Waals surface area (Å²) in [5.41, 5.74) is 5.61. The first-order valence-corrected chi connectivity index (χ1v) is 8.35. The Morgan fingerprint density at radius 1 is 1.05 bits per heavy atom. The number of sulfonamides is 1. The Hall–Kier alpha value is -2.05. The zero-order valence-electron chi connectivity index (χ0n) is 11.6. The summed E-state index contributed by atoms with van der Waals surface area (Å²) < 4.78 is 26.7. The summed E-state index contributed by atoms with van der Waals surface area (Å²) in [6, 6.07) is 14.4. The minimum atomic E-state index is -3.80. The molecule has 0 aromatic heterocycles. The smallest absolute Gasteiger partial charge is 0.264 e. The van der Waals surface area contributed by atoms with Crippen LogP contribution in [-0.4, -0.2) is 20.9 Å². The fraction of sp³-hybridized carbons (Fsp3) is 0.133. The fourth-order valence-electron chi connectivity index (χ4n) is 1.93. The normalized spacial score (nSPS) is 11.1. The van der Waals surface area contributed by atoms with Gasteiger partial charge in [-0.1, -0.05) is 29.8 Å². The highest BCUT2D eigenvalue weighted by atomic mass is 35.5. The van der Waals surface area contributed by atoms with E-state index in [1.807, 2.05) is 0 Å². The van der Waals surface area contributed by atoms with Crippen LogP contribution in [0.3, 0.4) is 0 Å². The van der Waals surface area contributed by atoms with Crippen molar-refractivity contribution in [3.63, 3.8) is 0 Å². The number of benzene rings is 2. The monoisotopic (exact) mass is 338 g/mol. The van der Waals surface area contributed by atoms with Crippen LogP contribution in [0.1, 0.15) is 6.42 Å². The maximum atomic E-state index is 12.8. The second kappa shape index (κ2) is 6.81. The van der Waals surface area contributed by atoms with Gasteiger partial charge in [0, 0.05) is 18.0 Å². The molecule has 0 bridgehead atoms. The van der Waals surface area contributed by atoms with Gasteiger partial charge in [-0.3, -0.25) is 9.10 Å². The van der Waals surface area contributed by atoms with E-state index >= 15 is 0 Å². The first-order chi connectivity index (χ1) is 10.4. The van der Waals surface area contributed by atoms with Crippen molar-refractivity contribution in [1.29, 1.82) is 0 Å². The summed E-state index contributed by atoms with van der Waals surface area (Å²) in [5, 5.41) is 0.447. The molecule has 0 spiro atoms. The topological polar surface area (TPSA) is 80.5 Å². The Bertz CT molecular complexity index is 746. The summed E-state index contributed by atoms with van der Waals surface area (Å²) in [6.45, 7) is -0.0235. The maximum absolute atomic E-state index is 12.8. The molecule has 2 N–H and O–H groups in total. The van der Waals surface area contributed by atoms with Gasteiger partial charge in [0.15, 0.2) is 0 Å². The number of hydrogen-bond acceptors (Lipinski definition) is 3. The third-order valence-electron chi connectivity index (χ3n) is 3.01. The van der Waals surface area contributed by atoms with E-state index in [9.17, 15) is 13.2 Å². The average Bonchev–Trinajstić information content (AvgIpc) is 2.48. The maximum Gasteiger partial charge on any atom is 0.264 e. The summed E-state index contributed by atoms with van der Waals surface area (Å²) in [7, 11) is -3.80. The van der Waals surface area contributed by atoms with Gasteiger partial charge in [-0.25, -0.2) is 8.42 Å². The molecule has 0 radical (unpaired) electrons. The summed E-state index contributed by atoms with van der Waals surface area (Å²) in [5.74, 6) is -0.563. The Morgan fingerprint density at radius 2 is 1.64 bits per heavy atom. The van der Waals surface area contributed by atoms with Gasteiger partial charge >= 0.3 is 0 Å². The van der Waals surface area contributed by atoms with E-state index in [4.69, 9.17) is 17.3 Å². The summed E-state index contributed by atoms with van der Waals surface area (Å²) in [4.78, 5) is 11.1. The number of nitrogens with zero attached hydrogens (tertiary/aromatic N) is 1. The Labute approximate surface area is 134 Å². The highest BCUT2D eigenvalue weighted by molar-refractivity contribution is 7.92. The average molecular weight is 339 g/mol. The molecule has 2 rings (SSSR count). The molecule has 0 unspecified atom stereocenters. The largest absolute Gasteiger partial charge is 0.370 e. The van der Waals surface area contributed by atoms with Crippen LogP contribution in [0.25, 0.3) is 0 Å². The van der Waals surface area contributed by atoms with Crippen LogP contribution in [0.5, 0.6) is 0 Å². The molecule has 116 valence electrons. The number of amides is 1. The van der Waals surface area contributed by atoms with Crippen LogP contribution in [0.2, 0.25) is 5.02 Å². The van der Waals surface area contributed by atoms with Crippen molar-refractivity contribution in [3.8, 4) is 0 Å². The van der Waals surface area contributed by atoms with Crippen molar-refractivity contribution in [2.45, 2.75) is 11.3 Å². The molecule has 0 aliphatic carbocycles. The molecule has 0 atom stereocenters. The van der Waals surface area contributed by atoms with E-state index in [0.717, 1.165) is 0 Å². The van der Waals surface area contributed by atoms with E-state index in [1.165, 1.54) is 28.6 Å². The Balaban J connectivity index is 2.43. The fourth-order valence-corrected chi connectivity index (χ4v) is 3.52. The van der Waals surface area contributed by atoms with Crippen LogP contribution in [0.4, 0.5) is 5.69 Å². The molecule has 0 aliphatic rings. The van der Waals surface area contributed by atoms with Gasteiger partial charge in [-0.2, -0.15) is 0 Å². The Kier molecular flexibility index (Phi) is 5.05. The molecule has 0 saturated heterocycles. The van der Waals surface area contributed by atoms with Gasteiger partial charge < -0.3 is 5.73 Å². The van der Waals surface area contributed by atoms with Crippen LogP contribution in [0.15, 0.2) is 59.5 Å². The Morgan fingerprint density at radius 3 is 2.18 bits per heavy atom. The lowest BCUT2D eigenvalue weighted by Gasteiger charge is -2.24. The van der Waals surface area contributed by atoms with Gasteiger partial charge in [0.1, 0.15) is 0 Å². The van der Waals surface area contributed by atoms with Gasteiger partial charge in [0.05, 0.1) is 10.6 Å². The van der Waals surface area contributed by atoms with E-state index in [-0.39, 0.29) is 17.9 Å². The number of halogens is 1. The van der Waals surface area contributed by atoms with Crippen molar-refractivity contribution < 1.29 is 13.2 Å². The van der Waals surface area contributed by atoms with Crippen LogP contribution in [0, 0.1) is 0 Å². The third kappa shape index (κ3) is 3.78. The van der Waals surface area contributed by atoms with Crippen LogP contribution in [-0.2, 0) is 14.8 Å². The SMILES string of the molecule is NC(=O)CCN(c1ccccc1)S(=O)(=O)c1ccc(Cl)cc1. The number of carbonyl (C=O) groups excluding carboxylic acids is 1. The predicted octanol–water partition coefficient (Wildman–Crippen LogP) is 2.41. The first kappa shape index (κ1) is 16.3. The molecule has 0 saturated carbocycles. The number of para-hydroxylation sites is 1. The predicted molar refractivity (Wildman–Crippen MR) is 86.2 cm³/mol. The lowest BCUT2D eigenvalue weighted by atomic mass is 10.3. The van der Waals surface area contributed by atoms with Crippen LogP contribution < -0.4 is 10.0 Å². The highest BCUT2D eigenvalue weighted by Gasteiger charge is 2.25. The number of carbonyl (C=O) groups is 1. The number of primary amides is 1. The highest BCUT2D eigenvalue weighted by Crippen LogP contribution is 2.24. The molecule has 2 aromatic carbocycles. The number of rotatable bonds is 6. The standard InChI is InChI=1S/C15H15ClN2O3S/c16-12-6-8-14(9-7-12)22(20,21)18(11-10-15(17)19)13-4-2-1-3-5-13/h1-9H,10-11H2,(H2,17,19). The molecule has 5 nitrogen and oxygen atoms in total. The molecular weight excluding hydrogens is 324 g/mol. The number of hydrogen-bond donors (Lipinski definition) is 1. The lowest BCUT2D eigenvalue weighted by Crippen LogP contribution is -2.34. The van der Waals surface area contributed by atoms with Gasteiger partial charge in [-0.05, 0) is 36.4 Å². The van der Waals surface area contributed by atoms with Crippen LogP contribution >= 0.6 is 11.6 Å². The van der Waals surface area contributed by atoms with E-state index in [1.54, 1.807) is 30.3 Å². The zero-order chi connectivity index (χ0) is 16.2. The molecule has 0 heterocycles. The number of anilines is 1. The molecule has 7 heteroatoms. The van der Waals surface area contributed by atoms with Gasteiger partial charge in [0.2, 0.25) is 5.91 Å². The summed E-state index contributed by atoms with van der Waals surface area (Å²) >= 11 is 5.79. The molecule has 0 fully saturated rings. The molecule has 1 amide bonds. The lowest BCUT2D eigenvalue weighted by molar-refractivity contribution is -0.117. The van der Waals surface area contributed by atoms with Crippen molar-refractivity contribution >= 4 is 33.2 Å². The van der Waals surface area contributed by atoms with E-state index in [2.05, 4.69) is 0 Å². The minimum Gasteiger partial charge on any atom is -0.370 e. The van der Waals surface area contributed by atoms with Crippen molar-refractivity contribution in [3.05, 3.63) is 59.6 Å². The molecule has 2 aromatic rings. The molecule has 22 heavy (non-hydrogen) atoms. The molecule has 0 aliphatic heterocycles. The van der Waals surface area contributed by atoms with E-state index < -0.39 is 15.9 Å². The quantitative estimate of drug-likeness (QED) is 0.878. The zero-order valence-corrected chi connectivity index (χ0v) is 13.2. The van der Waals surface area contributed by atoms with Crippen molar-refractivity contribution in [2.75, 3.05) is 10.8 Å². The first-order valence-electron chi connectivity index (χ1n) is 6.53. The second-order valence-corrected chi connectivity index (χ2v) is 6.88. The van der Waals surface area contributed by atoms with Crippen molar-refractivity contribution in [2.24, 2.45) is 5.73 Å². The molecular formula is C15H15ClN2O3S. The second-order valence-electron chi connectivity index (χ2n) is 4.58.